The van der Waals surface area contributed by atoms with E-state index in [1.54, 1.807) is 24.3 Å². The number of carbonyl (C=O) groups is 3. The molecule has 2 amide bonds. The van der Waals surface area contributed by atoms with Gasteiger partial charge >= 0.3 is 5.97 Å². The van der Waals surface area contributed by atoms with Crippen molar-refractivity contribution in [2.75, 3.05) is 27.2 Å². The van der Waals surface area contributed by atoms with Gasteiger partial charge in [0.15, 0.2) is 0 Å². The third-order valence-corrected chi connectivity index (χ3v) is 6.09. The zero-order valence-electron chi connectivity index (χ0n) is 15.3. The molecule has 2 aromatic rings. The van der Waals surface area contributed by atoms with Crippen molar-refractivity contribution in [3.63, 3.8) is 0 Å². The summed E-state index contributed by atoms with van der Waals surface area (Å²) in [5.41, 5.74) is 0.700. The second-order valence-electron chi connectivity index (χ2n) is 6.26. The number of benzene rings is 2. The molecule has 0 unspecified atom stereocenters. The van der Waals surface area contributed by atoms with Gasteiger partial charge in [0.25, 0.3) is 11.8 Å². The molecule has 0 aliphatic carbocycles. The van der Waals surface area contributed by atoms with Gasteiger partial charge < -0.3 is 4.74 Å². The number of rotatable bonds is 6. The van der Waals surface area contributed by atoms with Gasteiger partial charge in [0.1, 0.15) is 6.61 Å². The lowest BCUT2D eigenvalue weighted by atomic mass is 10.1. The summed E-state index contributed by atoms with van der Waals surface area (Å²) < 4.78 is 30.5. The van der Waals surface area contributed by atoms with Crippen molar-refractivity contribution in [1.82, 2.24) is 9.21 Å². The van der Waals surface area contributed by atoms with Crippen molar-refractivity contribution in [3.8, 4) is 0 Å². The summed E-state index contributed by atoms with van der Waals surface area (Å²) in [5.74, 6) is -1.61. The lowest BCUT2D eigenvalue weighted by molar-refractivity contribution is 0.0420. The highest BCUT2D eigenvalue weighted by Crippen LogP contribution is 2.22. The van der Waals surface area contributed by atoms with Crippen molar-refractivity contribution >= 4 is 27.8 Å². The topological polar surface area (TPSA) is 101 Å². The smallest absolute Gasteiger partial charge is 0.338 e. The van der Waals surface area contributed by atoms with Gasteiger partial charge in [-0.3, -0.25) is 14.5 Å². The Bertz CT molecular complexity index is 1030. The van der Waals surface area contributed by atoms with E-state index in [9.17, 15) is 22.8 Å². The highest BCUT2D eigenvalue weighted by atomic mass is 32.2. The average Bonchev–Trinajstić information content (AvgIpc) is 2.93. The molecule has 2 aromatic carbocycles. The summed E-state index contributed by atoms with van der Waals surface area (Å²) in [6.07, 6.45) is 0. The Balaban J connectivity index is 1.65. The lowest BCUT2D eigenvalue weighted by Crippen LogP contribution is -2.33. The van der Waals surface area contributed by atoms with Gasteiger partial charge in [-0.2, -0.15) is 0 Å². The number of imide groups is 1. The minimum atomic E-state index is -3.68. The predicted octanol–water partition coefficient (Wildman–Crippen LogP) is 1.39. The minimum absolute atomic E-state index is 0.0349. The van der Waals surface area contributed by atoms with Gasteiger partial charge in [-0.25, -0.2) is 17.5 Å². The third kappa shape index (κ3) is 3.54. The Morgan fingerprint density at radius 3 is 2.18 bits per heavy atom. The summed E-state index contributed by atoms with van der Waals surface area (Å²) in [4.78, 5) is 37.7. The number of esters is 1. The van der Waals surface area contributed by atoms with Crippen LogP contribution in [0.2, 0.25) is 0 Å². The van der Waals surface area contributed by atoms with Crippen LogP contribution in [0.1, 0.15) is 31.1 Å². The molecule has 146 valence electrons. The SMILES string of the molecule is CN(C)S(=O)(=O)c1cccc(C(=O)OCCN2C(=O)c3ccccc3C2=O)c1. The molecule has 28 heavy (non-hydrogen) atoms. The number of nitrogens with zero attached hydrogens (tertiary/aromatic N) is 2. The standard InChI is InChI=1S/C19H18N2O6S/c1-20(2)28(25,26)14-7-5-6-13(12-14)19(24)27-11-10-21-17(22)15-8-3-4-9-16(15)18(21)23/h3-9,12H,10-11H2,1-2H3. The van der Waals surface area contributed by atoms with Gasteiger partial charge in [0, 0.05) is 14.1 Å². The molecule has 1 aliphatic rings. The monoisotopic (exact) mass is 402 g/mol. The first-order valence-corrected chi connectivity index (χ1v) is 9.82. The minimum Gasteiger partial charge on any atom is -0.460 e. The van der Waals surface area contributed by atoms with Crippen LogP contribution in [0.3, 0.4) is 0 Å². The largest absolute Gasteiger partial charge is 0.460 e. The summed E-state index contributed by atoms with van der Waals surface area (Å²) >= 11 is 0. The Morgan fingerprint density at radius 2 is 1.61 bits per heavy atom. The van der Waals surface area contributed by atoms with Crippen LogP contribution < -0.4 is 0 Å². The summed E-state index contributed by atoms with van der Waals surface area (Å²) in [7, 11) is -0.901. The average molecular weight is 402 g/mol. The van der Waals surface area contributed by atoms with Crippen LogP contribution in [0.25, 0.3) is 0 Å². The molecule has 0 fully saturated rings. The first-order valence-electron chi connectivity index (χ1n) is 8.38. The Hall–Kier alpha value is -3.04. The predicted molar refractivity (Wildman–Crippen MR) is 99.4 cm³/mol. The molecule has 0 aromatic heterocycles. The van der Waals surface area contributed by atoms with Crippen molar-refractivity contribution in [2.45, 2.75) is 4.90 Å². The third-order valence-electron chi connectivity index (χ3n) is 4.27. The molecule has 0 spiro atoms. The summed E-state index contributed by atoms with van der Waals surface area (Å²) in [6, 6.07) is 11.9. The van der Waals surface area contributed by atoms with E-state index in [4.69, 9.17) is 4.74 Å². The molecular formula is C19H18N2O6S. The van der Waals surface area contributed by atoms with Crippen LogP contribution in [0.4, 0.5) is 0 Å². The van der Waals surface area contributed by atoms with Gasteiger partial charge in [-0.15, -0.1) is 0 Å². The first kappa shape index (κ1) is 19.7. The van der Waals surface area contributed by atoms with Crippen molar-refractivity contribution in [1.29, 1.82) is 0 Å². The first-order chi connectivity index (χ1) is 13.2. The summed E-state index contributed by atoms with van der Waals surface area (Å²) in [5, 5.41) is 0. The normalized spacial score (nSPS) is 13.8. The second kappa shape index (κ2) is 7.53. The van der Waals surface area contributed by atoms with Crippen LogP contribution in [0, 0.1) is 0 Å². The number of hydrogen-bond donors (Lipinski definition) is 0. The molecule has 0 bridgehead atoms. The van der Waals surface area contributed by atoms with E-state index in [1.165, 1.54) is 38.4 Å². The van der Waals surface area contributed by atoms with Gasteiger partial charge in [0.05, 0.1) is 28.1 Å². The maximum absolute atomic E-state index is 12.3. The maximum atomic E-state index is 12.3. The zero-order valence-corrected chi connectivity index (χ0v) is 16.1. The number of hydrogen-bond acceptors (Lipinski definition) is 6. The van der Waals surface area contributed by atoms with Crippen LogP contribution in [0.5, 0.6) is 0 Å². The highest BCUT2D eigenvalue weighted by Gasteiger charge is 2.34. The zero-order chi connectivity index (χ0) is 20.5. The number of ether oxygens (including phenoxy) is 1. The van der Waals surface area contributed by atoms with Gasteiger partial charge in [0.2, 0.25) is 10.0 Å². The van der Waals surface area contributed by atoms with E-state index in [-0.39, 0.29) is 23.6 Å². The molecular weight excluding hydrogens is 384 g/mol. The molecule has 0 N–H and O–H groups in total. The lowest BCUT2D eigenvalue weighted by Gasteiger charge is -2.14. The Morgan fingerprint density at radius 1 is 1.00 bits per heavy atom. The molecule has 0 radical (unpaired) electrons. The van der Waals surface area contributed by atoms with Crippen LogP contribution in [-0.4, -0.2) is 62.7 Å². The molecule has 1 aliphatic heterocycles. The maximum Gasteiger partial charge on any atom is 0.338 e. The molecule has 8 nitrogen and oxygen atoms in total. The van der Waals surface area contributed by atoms with Gasteiger partial charge in [-0.1, -0.05) is 18.2 Å². The van der Waals surface area contributed by atoms with E-state index in [0.29, 0.717) is 11.1 Å². The fourth-order valence-electron chi connectivity index (χ4n) is 2.75. The number of amides is 2. The fourth-order valence-corrected chi connectivity index (χ4v) is 3.70. The highest BCUT2D eigenvalue weighted by molar-refractivity contribution is 7.89. The van der Waals surface area contributed by atoms with Crippen LogP contribution in [0.15, 0.2) is 53.4 Å². The van der Waals surface area contributed by atoms with Crippen LogP contribution in [-0.2, 0) is 14.8 Å². The number of sulfonamides is 1. The molecule has 0 saturated heterocycles. The van der Waals surface area contributed by atoms with Crippen molar-refractivity contribution in [2.24, 2.45) is 0 Å². The van der Waals surface area contributed by atoms with Crippen molar-refractivity contribution in [3.05, 3.63) is 65.2 Å². The molecule has 9 heteroatoms. The number of carbonyl (C=O) groups excluding carboxylic acids is 3. The Kier molecular flexibility index (Phi) is 5.30. The molecule has 3 rings (SSSR count). The molecule has 0 saturated carbocycles. The van der Waals surface area contributed by atoms with E-state index in [0.717, 1.165) is 9.21 Å². The quantitative estimate of drug-likeness (QED) is 0.535. The van der Waals surface area contributed by atoms with E-state index >= 15 is 0 Å². The summed E-state index contributed by atoms with van der Waals surface area (Å²) in [6.45, 7) is -0.289. The van der Waals surface area contributed by atoms with Crippen molar-refractivity contribution < 1.29 is 27.5 Å². The van der Waals surface area contributed by atoms with Gasteiger partial charge in [-0.05, 0) is 30.3 Å². The van der Waals surface area contributed by atoms with Crippen LogP contribution >= 0.6 is 0 Å². The fraction of sp³-hybridized carbons (Fsp3) is 0.211. The Labute approximate surface area is 162 Å². The molecule has 0 atom stereocenters. The van der Waals surface area contributed by atoms with E-state index in [2.05, 4.69) is 0 Å². The van der Waals surface area contributed by atoms with E-state index in [1.807, 2.05) is 0 Å². The second-order valence-corrected chi connectivity index (χ2v) is 8.41. The van der Waals surface area contributed by atoms with E-state index < -0.39 is 27.8 Å². The number of fused-ring (bicyclic) bond motifs is 1. The molecule has 1 heterocycles.